The Morgan fingerprint density at radius 2 is 2.25 bits per heavy atom. The number of fused-ring (bicyclic) bond motifs is 1. The van der Waals surface area contributed by atoms with Gasteiger partial charge in [0.2, 0.25) is 0 Å². The van der Waals surface area contributed by atoms with Gasteiger partial charge in [-0.25, -0.2) is 4.98 Å². The number of halogens is 2. The van der Waals surface area contributed by atoms with Gasteiger partial charge in [0.05, 0.1) is 12.2 Å². The van der Waals surface area contributed by atoms with E-state index in [2.05, 4.69) is 26.7 Å². The quantitative estimate of drug-likeness (QED) is 0.337. The fourth-order valence-corrected chi connectivity index (χ4v) is 3.21. The normalized spacial score (nSPS) is 11.3. The molecule has 5 nitrogen and oxygen atoms in total. The minimum absolute atomic E-state index is 0. The van der Waals surface area contributed by atoms with Crippen LogP contribution in [0.15, 0.2) is 47.0 Å². The zero-order valence-electron chi connectivity index (χ0n) is 13.2. The van der Waals surface area contributed by atoms with Crippen molar-refractivity contribution in [2.24, 2.45) is 4.99 Å². The number of thiazole rings is 1. The molecule has 0 spiro atoms. The summed E-state index contributed by atoms with van der Waals surface area (Å²) in [6.07, 6.45) is 4.92. The highest BCUT2D eigenvalue weighted by Crippen LogP contribution is 2.11. The number of aliphatic imine (C=N–C) groups is 1. The average Bonchev–Trinajstić information content (AvgIpc) is 3.12. The number of nitrogens with zero attached hydrogens (tertiary/aromatic N) is 3. The number of nitrogens with one attached hydrogen (secondary N) is 2. The van der Waals surface area contributed by atoms with Crippen molar-refractivity contribution in [3.8, 4) is 0 Å². The fourth-order valence-electron chi connectivity index (χ4n) is 2.27. The summed E-state index contributed by atoms with van der Waals surface area (Å²) in [5, 5.41) is 9.37. The van der Waals surface area contributed by atoms with Crippen LogP contribution in [0.1, 0.15) is 11.3 Å². The summed E-state index contributed by atoms with van der Waals surface area (Å²) < 4.78 is 2.02. The number of rotatable bonds is 5. The number of hydrogen-bond donors (Lipinski definition) is 2. The van der Waals surface area contributed by atoms with Crippen molar-refractivity contribution in [2.45, 2.75) is 13.0 Å². The number of hydrogen-bond acceptors (Lipinski definition) is 3. The first kappa shape index (κ1) is 19.0. The molecule has 1 aromatic carbocycles. The Bertz CT molecular complexity index is 785. The van der Waals surface area contributed by atoms with Gasteiger partial charge >= 0.3 is 0 Å². The second kappa shape index (κ2) is 9.24. The van der Waals surface area contributed by atoms with E-state index in [0.717, 1.165) is 34.6 Å². The minimum Gasteiger partial charge on any atom is -0.356 e. The van der Waals surface area contributed by atoms with E-state index in [9.17, 15) is 0 Å². The van der Waals surface area contributed by atoms with E-state index in [4.69, 9.17) is 11.6 Å². The van der Waals surface area contributed by atoms with Crippen LogP contribution in [0, 0.1) is 0 Å². The van der Waals surface area contributed by atoms with Crippen molar-refractivity contribution >= 4 is 57.8 Å². The molecule has 0 saturated carbocycles. The Labute approximate surface area is 167 Å². The molecule has 0 aliphatic rings. The summed E-state index contributed by atoms with van der Waals surface area (Å²) in [7, 11) is 1.76. The Morgan fingerprint density at radius 3 is 3.00 bits per heavy atom. The lowest BCUT2D eigenvalue weighted by Gasteiger charge is -2.11. The highest BCUT2D eigenvalue weighted by molar-refractivity contribution is 14.0. The minimum atomic E-state index is 0. The molecular formula is C16H19ClIN5S. The van der Waals surface area contributed by atoms with Crippen LogP contribution in [-0.2, 0) is 13.0 Å². The van der Waals surface area contributed by atoms with Crippen molar-refractivity contribution < 1.29 is 0 Å². The van der Waals surface area contributed by atoms with Gasteiger partial charge in [0.1, 0.15) is 0 Å². The summed E-state index contributed by atoms with van der Waals surface area (Å²) >= 11 is 7.62. The second-order valence-electron chi connectivity index (χ2n) is 5.06. The van der Waals surface area contributed by atoms with Crippen LogP contribution in [0.5, 0.6) is 0 Å². The van der Waals surface area contributed by atoms with Crippen molar-refractivity contribution in [2.75, 3.05) is 13.6 Å². The van der Waals surface area contributed by atoms with Crippen LogP contribution >= 0.6 is 46.9 Å². The predicted octanol–water partition coefficient (Wildman–Crippen LogP) is 3.57. The molecule has 24 heavy (non-hydrogen) atoms. The van der Waals surface area contributed by atoms with Crippen molar-refractivity contribution in [3.05, 3.63) is 58.3 Å². The molecule has 2 heterocycles. The van der Waals surface area contributed by atoms with Gasteiger partial charge < -0.3 is 10.6 Å². The molecule has 0 bridgehead atoms. The Hall–Kier alpha value is -1.32. The van der Waals surface area contributed by atoms with E-state index in [1.807, 2.05) is 40.4 Å². The predicted molar refractivity (Wildman–Crippen MR) is 112 cm³/mol. The van der Waals surface area contributed by atoms with Crippen molar-refractivity contribution in [1.29, 1.82) is 0 Å². The number of aromatic nitrogens is 2. The molecule has 3 aromatic rings. The number of imidazole rings is 1. The third kappa shape index (κ3) is 5.09. The first-order chi connectivity index (χ1) is 11.2. The zero-order valence-corrected chi connectivity index (χ0v) is 17.1. The molecule has 0 aliphatic carbocycles. The second-order valence-corrected chi connectivity index (χ2v) is 6.37. The molecule has 0 radical (unpaired) electrons. The number of guanidine groups is 1. The van der Waals surface area contributed by atoms with E-state index in [0.29, 0.717) is 6.54 Å². The summed E-state index contributed by atoms with van der Waals surface area (Å²) in [5.41, 5.74) is 2.20. The highest BCUT2D eigenvalue weighted by atomic mass is 127. The summed E-state index contributed by atoms with van der Waals surface area (Å²) in [6, 6.07) is 7.91. The van der Waals surface area contributed by atoms with E-state index < -0.39 is 0 Å². The average molecular weight is 476 g/mol. The van der Waals surface area contributed by atoms with Gasteiger partial charge in [-0.3, -0.25) is 9.39 Å². The lowest BCUT2D eigenvalue weighted by Crippen LogP contribution is -2.37. The molecule has 8 heteroatoms. The summed E-state index contributed by atoms with van der Waals surface area (Å²) in [5.74, 6) is 0.767. The molecule has 0 unspecified atom stereocenters. The van der Waals surface area contributed by atoms with Crippen molar-refractivity contribution in [3.63, 3.8) is 0 Å². The number of benzene rings is 1. The van der Waals surface area contributed by atoms with Gasteiger partial charge in [-0.1, -0.05) is 23.7 Å². The van der Waals surface area contributed by atoms with Crippen molar-refractivity contribution in [1.82, 2.24) is 20.0 Å². The molecule has 0 atom stereocenters. The first-order valence-corrected chi connectivity index (χ1v) is 8.60. The van der Waals surface area contributed by atoms with Crippen LogP contribution in [0.25, 0.3) is 4.96 Å². The highest BCUT2D eigenvalue weighted by Gasteiger charge is 2.04. The molecule has 2 N–H and O–H groups in total. The Morgan fingerprint density at radius 1 is 1.38 bits per heavy atom. The van der Waals surface area contributed by atoms with Crippen LogP contribution in [0.3, 0.4) is 0 Å². The lowest BCUT2D eigenvalue weighted by molar-refractivity contribution is 0.786. The van der Waals surface area contributed by atoms with Crippen LogP contribution in [-0.4, -0.2) is 28.9 Å². The zero-order chi connectivity index (χ0) is 16.1. The SMILES string of the molecule is CN=C(NCCc1cccc(Cl)c1)NCc1cn2ccsc2n1.I. The monoisotopic (exact) mass is 475 g/mol. The first-order valence-electron chi connectivity index (χ1n) is 7.34. The van der Waals surface area contributed by atoms with Crippen LogP contribution in [0.2, 0.25) is 5.02 Å². The van der Waals surface area contributed by atoms with Gasteiger partial charge in [0.25, 0.3) is 0 Å². The maximum absolute atomic E-state index is 5.99. The molecule has 2 aromatic heterocycles. The summed E-state index contributed by atoms with van der Waals surface area (Å²) in [4.78, 5) is 9.77. The molecule has 3 rings (SSSR count). The maximum Gasteiger partial charge on any atom is 0.193 e. The third-order valence-electron chi connectivity index (χ3n) is 3.40. The van der Waals surface area contributed by atoms with Gasteiger partial charge in [-0.05, 0) is 24.1 Å². The molecular weight excluding hydrogens is 457 g/mol. The van der Waals surface area contributed by atoms with Gasteiger partial charge in [0.15, 0.2) is 10.9 Å². The molecule has 0 saturated heterocycles. The Balaban J connectivity index is 0.00000208. The van der Waals surface area contributed by atoms with E-state index in [-0.39, 0.29) is 24.0 Å². The third-order valence-corrected chi connectivity index (χ3v) is 4.40. The van der Waals surface area contributed by atoms with Crippen LogP contribution < -0.4 is 10.6 Å². The molecule has 0 aliphatic heterocycles. The van der Waals surface area contributed by atoms with Gasteiger partial charge in [-0.15, -0.1) is 35.3 Å². The lowest BCUT2D eigenvalue weighted by atomic mass is 10.1. The topological polar surface area (TPSA) is 53.7 Å². The molecule has 0 fully saturated rings. The molecule has 128 valence electrons. The van der Waals surface area contributed by atoms with Gasteiger partial charge in [0, 0.05) is 36.4 Å². The van der Waals surface area contributed by atoms with E-state index in [1.165, 1.54) is 5.56 Å². The van der Waals surface area contributed by atoms with Gasteiger partial charge in [-0.2, -0.15) is 0 Å². The fraction of sp³-hybridized carbons (Fsp3) is 0.250. The smallest absolute Gasteiger partial charge is 0.193 e. The standard InChI is InChI=1S/C16H18ClN5S.HI/c1-18-15(19-6-5-12-3-2-4-13(17)9-12)20-10-14-11-22-7-8-23-16(22)21-14;/h2-4,7-9,11H,5-6,10H2,1H3,(H2,18,19,20);1H. The summed E-state index contributed by atoms with van der Waals surface area (Å²) in [6.45, 7) is 1.43. The largest absolute Gasteiger partial charge is 0.356 e. The maximum atomic E-state index is 5.99. The molecule has 0 amide bonds. The van der Waals surface area contributed by atoms with E-state index in [1.54, 1.807) is 18.4 Å². The van der Waals surface area contributed by atoms with E-state index >= 15 is 0 Å². The Kier molecular flexibility index (Phi) is 7.32. The van der Waals surface area contributed by atoms with Crippen LogP contribution in [0.4, 0.5) is 0 Å².